The summed E-state index contributed by atoms with van der Waals surface area (Å²) in [6.45, 7) is 4.19. The van der Waals surface area contributed by atoms with Crippen molar-refractivity contribution in [2.24, 2.45) is 0 Å². The van der Waals surface area contributed by atoms with E-state index in [9.17, 15) is 20.1 Å². The van der Waals surface area contributed by atoms with E-state index in [-0.39, 0.29) is 6.61 Å². The van der Waals surface area contributed by atoms with Gasteiger partial charge in [-0.2, -0.15) is 0 Å². The molecule has 0 saturated carbocycles. The fourth-order valence-electron chi connectivity index (χ4n) is 7.30. The Bertz CT molecular complexity index is 784. The van der Waals surface area contributed by atoms with Gasteiger partial charge in [0.15, 0.2) is 0 Å². The molecular formula is C48H93NO4. The van der Waals surface area contributed by atoms with Crippen molar-refractivity contribution in [3.63, 3.8) is 0 Å². The van der Waals surface area contributed by atoms with Gasteiger partial charge in [0.25, 0.3) is 0 Å². The first-order valence-corrected chi connectivity index (χ1v) is 23.7. The number of unbranched alkanes of at least 4 members (excludes halogenated alkanes) is 33. The third kappa shape index (κ3) is 38.9. The molecule has 1 amide bonds. The zero-order chi connectivity index (χ0) is 38.7. The smallest absolute Gasteiger partial charge is 0.249 e. The van der Waals surface area contributed by atoms with Crippen LogP contribution in [0.1, 0.15) is 251 Å². The van der Waals surface area contributed by atoms with Crippen LogP contribution in [0.4, 0.5) is 0 Å². The number of carbonyl (C=O) groups excluding carboxylic acids is 1. The normalized spacial score (nSPS) is 13.7. The van der Waals surface area contributed by atoms with Gasteiger partial charge in [-0.05, 0) is 44.9 Å². The molecule has 5 heteroatoms. The Morgan fingerprint density at radius 2 is 0.755 bits per heavy atom. The Labute approximate surface area is 331 Å². The number of hydrogen-bond donors (Lipinski definition) is 4. The molecule has 0 spiro atoms. The molecule has 314 valence electrons. The van der Waals surface area contributed by atoms with Gasteiger partial charge in [-0.25, -0.2) is 0 Å². The van der Waals surface area contributed by atoms with Crippen molar-refractivity contribution < 1.29 is 20.1 Å². The Kier molecular flexibility index (Phi) is 42.6. The van der Waals surface area contributed by atoms with Crippen LogP contribution in [0.2, 0.25) is 0 Å². The largest absolute Gasteiger partial charge is 0.394 e. The van der Waals surface area contributed by atoms with Crippen LogP contribution in [-0.2, 0) is 4.79 Å². The van der Waals surface area contributed by atoms with Crippen molar-refractivity contribution in [1.82, 2.24) is 5.32 Å². The fraction of sp³-hybridized carbons (Fsp3) is 0.896. The second kappa shape index (κ2) is 43.6. The Morgan fingerprint density at radius 1 is 0.453 bits per heavy atom. The summed E-state index contributed by atoms with van der Waals surface area (Å²) in [7, 11) is 0. The van der Waals surface area contributed by atoms with Crippen LogP contribution in [0.15, 0.2) is 24.3 Å². The summed E-state index contributed by atoms with van der Waals surface area (Å²) < 4.78 is 0. The van der Waals surface area contributed by atoms with Crippen LogP contribution in [-0.4, -0.2) is 46.1 Å². The lowest BCUT2D eigenvalue weighted by atomic mass is 10.0. The highest BCUT2D eigenvalue weighted by atomic mass is 16.3. The van der Waals surface area contributed by atoms with E-state index in [1.165, 1.54) is 186 Å². The molecule has 0 aromatic rings. The van der Waals surface area contributed by atoms with Crippen LogP contribution in [0, 0.1) is 0 Å². The molecule has 0 heterocycles. The standard InChI is InChI=1S/C48H93NO4/c1-3-5-7-9-11-13-15-17-19-20-21-22-23-24-25-26-27-29-30-32-34-36-38-40-42-46(51)45(44-50)49-48(53)47(52)43-41-39-37-35-33-31-28-18-16-14-12-10-8-6-4-2/h28,31,40,42,45-47,50-52H,3-27,29-30,32-39,41,43-44H2,1-2H3,(H,49,53)/b31-28-,42-40+. The zero-order valence-electron chi connectivity index (χ0n) is 35.7. The molecule has 0 bridgehead atoms. The van der Waals surface area contributed by atoms with Crippen molar-refractivity contribution >= 4 is 5.91 Å². The molecule has 3 unspecified atom stereocenters. The van der Waals surface area contributed by atoms with E-state index >= 15 is 0 Å². The zero-order valence-corrected chi connectivity index (χ0v) is 35.7. The summed E-state index contributed by atoms with van der Waals surface area (Å²) in [5, 5.41) is 33.2. The van der Waals surface area contributed by atoms with Crippen molar-refractivity contribution in [2.75, 3.05) is 6.61 Å². The van der Waals surface area contributed by atoms with E-state index in [4.69, 9.17) is 0 Å². The van der Waals surface area contributed by atoms with Crippen LogP contribution >= 0.6 is 0 Å². The van der Waals surface area contributed by atoms with Crippen molar-refractivity contribution in [2.45, 2.75) is 270 Å². The molecule has 0 rings (SSSR count). The van der Waals surface area contributed by atoms with E-state index in [2.05, 4.69) is 31.3 Å². The molecule has 0 aromatic heterocycles. The lowest BCUT2D eigenvalue weighted by Gasteiger charge is -2.21. The summed E-state index contributed by atoms with van der Waals surface area (Å²) in [5.41, 5.74) is 0. The van der Waals surface area contributed by atoms with Gasteiger partial charge in [0.05, 0.1) is 18.8 Å². The maximum Gasteiger partial charge on any atom is 0.249 e. The quantitative estimate of drug-likeness (QED) is 0.0369. The minimum absolute atomic E-state index is 0.365. The summed E-state index contributed by atoms with van der Waals surface area (Å²) >= 11 is 0. The summed E-state index contributed by atoms with van der Waals surface area (Å²) in [6.07, 6.45) is 53.7. The summed E-state index contributed by atoms with van der Waals surface area (Å²) in [4.78, 5) is 12.5. The third-order valence-corrected chi connectivity index (χ3v) is 11.0. The number of nitrogens with one attached hydrogen (secondary N) is 1. The topological polar surface area (TPSA) is 89.8 Å². The summed E-state index contributed by atoms with van der Waals surface area (Å²) in [5.74, 6) is -0.510. The van der Waals surface area contributed by atoms with E-state index in [0.29, 0.717) is 6.42 Å². The molecule has 0 aliphatic heterocycles. The average molecular weight is 748 g/mol. The van der Waals surface area contributed by atoms with Gasteiger partial charge >= 0.3 is 0 Å². The van der Waals surface area contributed by atoms with Crippen LogP contribution in [0.25, 0.3) is 0 Å². The number of aliphatic hydroxyl groups is 3. The molecule has 5 nitrogen and oxygen atoms in total. The average Bonchev–Trinajstić information content (AvgIpc) is 3.16. The summed E-state index contributed by atoms with van der Waals surface area (Å²) in [6, 6.07) is -0.800. The number of allylic oxidation sites excluding steroid dienone is 3. The Morgan fingerprint density at radius 3 is 1.09 bits per heavy atom. The maximum atomic E-state index is 12.5. The predicted octanol–water partition coefficient (Wildman–Crippen LogP) is 13.8. The van der Waals surface area contributed by atoms with E-state index in [1.807, 2.05) is 6.08 Å². The van der Waals surface area contributed by atoms with Gasteiger partial charge in [0.2, 0.25) is 5.91 Å². The SMILES string of the molecule is CCCCCCCCC/C=C\CCCCCCC(O)C(=O)NC(CO)C(O)/C=C/CCCCCCCCCCCCCCCCCCCCCCCC. The highest BCUT2D eigenvalue weighted by molar-refractivity contribution is 5.80. The molecule has 0 radical (unpaired) electrons. The number of aliphatic hydroxyl groups excluding tert-OH is 3. The van der Waals surface area contributed by atoms with Gasteiger partial charge in [0.1, 0.15) is 6.10 Å². The highest BCUT2D eigenvalue weighted by Crippen LogP contribution is 2.16. The molecule has 0 aromatic carbocycles. The molecule has 0 aliphatic carbocycles. The van der Waals surface area contributed by atoms with Gasteiger partial charge in [-0.15, -0.1) is 0 Å². The second-order valence-electron chi connectivity index (χ2n) is 16.3. The van der Waals surface area contributed by atoms with Gasteiger partial charge in [-0.1, -0.05) is 231 Å². The molecular weight excluding hydrogens is 655 g/mol. The van der Waals surface area contributed by atoms with E-state index in [1.54, 1.807) is 6.08 Å². The number of hydrogen-bond acceptors (Lipinski definition) is 4. The van der Waals surface area contributed by atoms with Gasteiger partial charge < -0.3 is 20.6 Å². The molecule has 0 fully saturated rings. The van der Waals surface area contributed by atoms with Gasteiger partial charge in [0, 0.05) is 0 Å². The van der Waals surface area contributed by atoms with Crippen molar-refractivity contribution in [1.29, 1.82) is 0 Å². The van der Waals surface area contributed by atoms with Crippen LogP contribution in [0.3, 0.4) is 0 Å². The molecule has 0 aliphatic rings. The Hall–Kier alpha value is -1.17. The molecule has 0 saturated heterocycles. The van der Waals surface area contributed by atoms with Crippen molar-refractivity contribution in [3.8, 4) is 0 Å². The van der Waals surface area contributed by atoms with E-state index in [0.717, 1.165) is 44.9 Å². The first kappa shape index (κ1) is 51.8. The van der Waals surface area contributed by atoms with Crippen LogP contribution < -0.4 is 5.32 Å². The fourth-order valence-corrected chi connectivity index (χ4v) is 7.30. The molecule has 3 atom stereocenters. The van der Waals surface area contributed by atoms with E-state index < -0.39 is 24.2 Å². The number of rotatable bonds is 43. The number of amides is 1. The first-order chi connectivity index (χ1) is 26.1. The third-order valence-electron chi connectivity index (χ3n) is 11.0. The van der Waals surface area contributed by atoms with Crippen molar-refractivity contribution in [3.05, 3.63) is 24.3 Å². The minimum Gasteiger partial charge on any atom is -0.394 e. The second-order valence-corrected chi connectivity index (χ2v) is 16.3. The minimum atomic E-state index is -1.11. The monoisotopic (exact) mass is 748 g/mol. The Balaban J connectivity index is 3.62. The lowest BCUT2D eigenvalue weighted by Crippen LogP contribution is -2.48. The molecule has 4 N–H and O–H groups in total. The number of carbonyl (C=O) groups is 1. The maximum absolute atomic E-state index is 12.5. The first-order valence-electron chi connectivity index (χ1n) is 23.7. The lowest BCUT2D eigenvalue weighted by molar-refractivity contribution is -0.131. The van der Waals surface area contributed by atoms with Crippen LogP contribution in [0.5, 0.6) is 0 Å². The predicted molar refractivity (Wildman–Crippen MR) is 231 cm³/mol. The highest BCUT2D eigenvalue weighted by Gasteiger charge is 2.22. The molecule has 53 heavy (non-hydrogen) atoms. The van der Waals surface area contributed by atoms with Gasteiger partial charge in [-0.3, -0.25) is 4.79 Å².